The van der Waals surface area contributed by atoms with E-state index >= 15 is 0 Å². The largest absolute Gasteiger partial charge is 0.383 e. The van der Waals surface area contributed by atoms with Gasteiger partial charge in [0.25, 0.3) is 0 Å². The fraction of sp³-hybridized carbons (Fsp3) is 0.400. The maximum atomic E-state index is 14.3. The van der Waals surface area contributed by atoms with Gasteiger partial charge in [0.2, 0.25) is 11.9 Å². The van der Waals surface area contributed by atoms with Crippen molar-refractivity contribution in [2.24, 2.45) is 0 Å². The minimum absolute atomic E-state index is 0.0175. The predicted molar refractivity (Wildman–Crippen MR) is 163 cm³/mol. The van der Waals surface area contributed by atoms with Crippen LogP contribution in [0.25, 0.3) is 22.0 Å². The predicted octanol–water partition coefficient (Wildman–Crippen LogP) is 4.00. The first-order valence-electron chi connectivity index (χ1n) is 14.2. The average Bonchev–Trinajstić information content (AvgIpc) is 3.39. The van der Waals surface area contributed by atoms with Crippen LogP contribution in [0.4, 0.5) is 16.0 Å². The summed E-state index contributed by atoms with van der Waals surface area (Å²) < 4.78 is 39.9. The number of anilines is 2. The summed E-state index contributed by atoms with van der Waals surface area (Å²) in [7, 11) is -3.06. The number of carbonyl (C=O) groups excluding carboxylic acids is 1. The Morgan fingerprint density at radius 3 is 2.57 bits per heavy atom. The Bertz CT molecular complexity index is 1630. The third-order valence-electron chi connectivity index (χ3n) is 7.69. The first-order chi connectivity index (χ1) is 20.2. The Labute approximate surface area is 245 Å². The van der Waals surface area contributed by atoms with E-state index in [0.717, 1.165) is 17.3 Å². The lowest BCUT2D eigenvalue weighted by atomic mass is 10.1. The molecule has 222 valence electrons. The molecule has 1 aromatic carbocycles. The van der Waals surface area contributed by atoms with Gasteiger partial charge in [0, 0.05) is 86.0 Å². The second-order valence-electron chi connectivity index (χ2n) is 10.7. The normalized spacial score (nSPS) is 14.3. The Balaban J connectivity index is 1.23. The highest BCUT2D eigenvalue weighted by molar-refractivity contribution is 7.91. The van der Waals surface area contributed by atoms with E-state index in [9.17, 15) is 17.6 Å². The molecule has 3 aromatic heterocycles. The molecular formula is C30H36FN7O3S. The molecule has 42 heavy (non-hydrogen) atoms. The van der Waals surface area contributed by atoms with Crippen molar-refractivity contribution in [2.45, 2.75) is 38.0 Å². The number of pyridine rings is 1. The summed E-state index contributed by atoms with van der Waals surface area (Å²) in [6, 6.07) is 8.42. The molecule has 12 heteroatoms. The monoisotopic (exact) mass is 593 g/mol. The van der Waals surface area contributed by atoms with Crippen molar-refractivity contribution < 1.29 is 17.6 Å². The molecule has 1 aliphatic rings. The highest BCUT2D eigenvalue weighted by Crippen LogP contribution is 2.29. The third-order valence-corrected chi connectivity index (χ3v) is 9.37. The van der Waals surface area contributed by atoms with Crippen molar-refractivity contribution in [3.63, 3.8) is 0 Å². The van der Waals surface area contributed by atoms with Gasteiger partial charge >= 0.3 is 0 Å². The van der Waals surface area contributed by atoms with Gasteiger partial charge in [-0.05, 0) is 49.6 Å². The van der Waals surface area contributed by atoms with Crippen LogP contribution in [0.5, 0.6) is 0 Å². The zero-order chi connectivity index (χ0) is 29.7. The quantitative estimate of drug-likeness (QED) is 0.278. The summed E-state index contributed by atoms with van der Waals surface area (Å²) in [5, 5.41) is 4.08. The fourth-order valence-corrected chi connectivity index (χ4v) is 6.45. The van der Waals surface area contributed by atoms with Gasteiger partial charge in [-0.2, -0.15) is 0 Å². The number of hydrogen-bond donors (Lipinski definition) is 1. The zero-order valence-corrected chi connectivity index (χ0v) is 24.7. The second-order valence-corrected chi connectivity index (χ2v) is 13.0. The minimum Gasteiger partial charge on any atom is -0.383 e. The third kappa shape index (κ3) is 6.87. The number of nitrogens with zero attached hydrogens (tertiary/aromatic N) is 6. The molecule has 0 saturated carbocycles. The highest BCUT2D eigenvalue weighted by Gasteiger charge is 2.27. The van der Waals surface area contributed by atoms with Gasteiger partial charge in [0.05, 0.1) is 17.0 Å². The fourth-order valence-electron chi connectivity index (χ4n) is 5.39. The number of rotatable bonds is 11. The van der Waals surface area contributed by atoms with E-state index in [-0.39, 0.29) is 23.5 Å². The van der Waals surface area contributed by atoms with Crippen molar-refractivity contribution in [3.8, 4) is 11.1 Å². The van der Waals surface area contributed by atoms with Gasteiger partial charge in [-0.15, -0.1) is 0 Å². The molecule has 10 nitrogen and oxygen atoms in total. The molecule has 0 unspecified atom stereocenters. The second kappa shape index (κ2) is 12.8. The van der Waals surface area contributed by atoms with Gasteiger partial charge in [-0.3, -0.25) is 9.78 Å². The molecule has 1 saturated heterocycles. The molecule has 4 aromatic rings. The van der Waals surface area contributed by atoms with E-state index in [1.165, 1.54) is 18.4 Å². The number of fused-ring (bicyclic) bond motifs is 1. The van der Waals surface area contributed by atoms with Crippen molar-refractivity contribution in [3.05, 3.63) is 67.1 Å². The average molecular weight is 594 g/mol. The number of benzene rings is 1. The summed E-state index contributed by atoms with van der Waals surface area (Å²) in [4.78, 5) is 30.2. The first-order valence-corrected chi connectivity index (χ1v) is 16.1. The molecule has 1 fully saturated rings. The molecular weight excluding hydrogens is 557 g/mol. The Hall–Kier alpha value is -4.06. The van der Waals surface area contributed by atoms with Crippen molar-refractivity contribution in [2.75, 3.05) is 49.2 Å². The summed E-state index contributed by atoms with van der Waals surface area (Å²) in [6.45, 7) is 4.99. The van der Waals surface area contributed by atoms with Crippen molar-refractivity contribution >= 4 is 38.3 Å². The molecule has 0 radical (unpaired) electrons. The van der Waals surface area contributed by atoms with E-state index in [4.69, 9.17) is 0 Å². The van der Waals surface area contributed by atoms with E-state index in [1.807, 2.05) is 39.6 Å². The highest BCUT2D eigenvalue weighted by atomic mass is 32.2. The molecule has 0 atom stereocenters. The molecule has 1 N–H and O–H groups in total. The van der Waals surface area contributed by atoms with Crippen molar-refractivity contribution in [1.29, 1.82) is 0 Å². The molecule has 1 aliphatic heterocycles. The number of piperidine rings is 1. The van der Waals surface area contributed by atoms with E-state index in [0.29, 0.717) is 68.3 Å². The Morgan fingerprint density at radius 2 is 1.86 bits per heavy atom. The maximum Gasteiger partial charge on any atom is 0.242 e. The van der Waals surface area contributed by atoms with Crippen LogP contribution >= 0.6 is 0 Å². The molecule has 0 bridgehead atoms. The Kier molecular flexibility index (Phi) is 9.00. The van der Waals surface area contributed by atoms with Crippen LogP contribution in [0.15, 0.2) is 61.3 Å². The SMILES string of the molecule is CCCN(CCNc1ccc(F)cc1-c1cnc(N2CCC(S(C)(=O)=O)CC2)nc1)C(=O)Cn1ccc2ccncc21. The minimum atomic E-state index is -3.06. The maximum absolute atomic E-state index is 14.3. The summed E-state index contributed by atoms with van der Waals surface area (Å²) in [5.74, 6) is 0.166. The number of carbonyl (C=O) groups is 1. The van der Waals surface area contributed by atoms with Gasteiger partial charge in [0.15, 0.2) is 0 Å². The van der Waals surface area contributed by atoms with E-state index in [1.54, 1.807) is 30.9 Å². The molecule has 4 heterocycles. The molecule has 1 amide bonds. The van der Waals surface area contributed by atoms with E-state index < -0.39 is 9.84 Å². The van der Waals surface area contributed by atoms with Gasteiger partial charge < -0.3 is 19.7 Å². The Morgan fingerprint density at radius 1 is 1.10 bits per heavy atom. The van der Waals surface area contributed by atoms with E-state index in [2.05, 4.69) is 20.3 Å². The molecule has 5 rings (SSSR count). The lowest BCUT2D eigenvalue weighted by Gasteiger charge is -2.31. The van der Waals surface area contributed by atoms with Crippen LogP contribution in [-0.2, 0) is 21.2 Å². The van der Waals surface area contributed by atoms with Crippen molar-refractivity contribution in [1.82, 2.24) is 24.4 Å². The van der Waals surface area contributed by atoms with Gasteiger partial charge in [0.1, 0.15) is 22.2 Å². The van der Waals surface area contributed by atoms with Crippen LogP contribution in [0.3, 0.4) is 0 Å². The summed E-state index contributed by atoms with van der Waals surface area (Å²) in [5.41, 5.74) is 2.91. The summed E-state index contributed by atoms with van der Waals surface area (Å²) >= 11 is 0. The standard InChI is InChI=1S/C30H36FN7O3S/c1-3-12-36(29(39)21-38-13-7-22-6-10-32-20-28(22)38)16-11-33-27-5-4-24(31)17-26(27)23-18-34-30(35-19-23)37-14-8-25(9-15-37)42(2,40)41/h4-7,10,13,17-20,25,33H,3,8-9,11-12,14-16,21H2,1-2H3. The number of nitrogens with one attached hydrogen (secondary N) is 1. The zero-order valence-electron chi connectivity index (χ0n) is 23.9. The van der Waals surface area contributed by atoms with Crippen LogP contribution < -0.4 is 10.2 Å². The molecule has 0 aliphatic carbocycles. The topological polar surface area (TPSA) is 113 Å². The van der Waals surface area contributed by atoms with Crippen LogP contribution in [0.2, 0.25) is 0 Å². The smallest absolute Gasteiger partial charge is 0.242 e. The van der Waals surface area contributed by atoms with Gasteiger partial charge in [-0.25, -0.2) is 22.8 Å². The molecule has 0 spiro atoms. The number of halogens is 1. The number of sulfone groups is 1. The number of amides is 1. The van der Waals surface area contributed by atoms with Gasteiger partial charge in [-0.1, -0.05) is 6.92 Å². The summed E-state index contributed by atoms with van der Waals surface area (Å²) in [6.07, 6.45) is 11.9. The van der Waals surface area contributed by atoms with Crippen LogP contribution in [0.1, 0.15) is 26.2 Å². The lowest BCUT2D eigenvalue weighted by Crippen LogP contribution is -2.39. The van der Waals surface area contributed by atoms with Crippen LogP contribution in [0, 0.1) is 5.82 Å². The first kappa shape index (κ1) is 29.4. The lowest BCUT2D eigenvalue weighted by molar-refractivity contribution is -0.131. The number of hydrogen-bond acceptors (Lipinski definition) is 8. The number of aromatic nitrogens is 4. The van der Waals surface area contributed by atoms with Crippen LogP contribution in [-0.4, -0.2) is 83.0 Å².